The first kappa shape index (κ1) is 21.4. The maximum absolute atomic E-state index is 13.0. The molecule has 0 fully saturated rings. The summed E-state index contributed by atoms with van der Waals surface area (Å²) in [5.41, 5.74) is 9.11. The third kappa shape index (κ3) is 3.40. The molecule has 4 rings (SSSR count). The molecule has 0 saturated carbocycles. The molecule has 0 N–H and O–H groups in total. The summed E-state index contributed by atoms with van der Waals surface area (Å²) in [6.07, 6.45) is 4.51. The van der Waals surface area contributed by atoms with Crippen LogP contribution in [0.4, 0.5) is 5.69 Å². The van der Waals surface area contributed by atoms with Gasteiger partial charge < -0.3 is 9.64 Å². The molecule has 0 aliphatic heterocycles. The molecule has 1 aromatic carbocycles. The standard InChI is InChI=1S/C26H33N3O2/c1-7-14-28(23(30)8-2)25-20-10-9-11-21(20)27-26-24(25)17(4)18(5)29(26)22-13-12-19(31-6)15-16(22)3/h12-13,15H,7-11,14H2,1-6H3. The van der Waals surface area contributed by atoms with Crippen LogP contribution < -0.4 is 9.64 Å². The van der Waals surface area contributed by atoms with Gasteiger partial charge in [-0.1, -0.05) is 13.8 Å². The van der Waals surface area contributed by atoms with Crippen molar-refractivity contribution in [1.29, 1.82) is 0 Å². The van der Waals surface area contributed by atoms with Crippen LogP contribution in [0.1, 0.15) is 61.2 Å². The molecule has 2 aromatic heterocycles. The number of pyridine rings is 1. The number of hydrogen-bond acceptors (Lipinski definition) is 3. The highest BCUT2D eigenvalue weighted by Gasteiger charge is 2.29. The average Bonchev–Trinajstić information content (AvgIpc) is 3.33. The van der Waals surface area contributed by atoms with Gasteiger partial charge in [0.1, 0.15) is 11.4 Å². The van der Waals surface area contributed by atoms with E-state index in [2.05, 4.69) is 44.4 Å². The van der Waals surface area contributed by atoms with E-state index < -0.39 is 0 Å². The van der Waals surface area contributed by atoms with E-state index in [1.807, 2.05) is 17.9 Å². The highest BCUT2D eigenvalue weighted by Crippen LogP contribution is 2.42. The topological polar surface area (TPSA) is 47.4 Å². The van der Waals surface area contributed by atoms with E-state index in [1.165, 1.54) is 16.8 Å². The van der Waals surface area contributed by atoms with Crippen molar-refractivity contribution < 1.29 is 9.53 Å². The van der Waals surface area contributed by atoms with Crippen LogP contribution in [0.3, 0.4) is 0 Å². The van der Waals surface area contributed by atoms with Gasteiger partial charge in [0.2, 0.25) is 5.91 Å². The lowest BCUT2D eigenvalue weighted by molar-refractivity contribution is -0.118. The Kier molecular flexibility index (Phi) is 5.78. The number of methoxy groups -OCH3 is 1. The van der Waals surface area contributed by atoms with E-state index in [4.69, 9.17) is 9.72 Å². The minimum atomic E-state index is 0.189. The molecule has 2 heterocycles. The largest absolute Gasteiger partial charge is 0.497 e. The highest BCUT2D eigenvalue weighted by molar-refractivity contribution is 6.06. The van der Waals surface area contributed by atoms with Crippen molar-refractivity contribution in [3.05, 3.63) is 46.3 Å². The molecule has 0 saturated heterocycles. The van der Waals surface area contributed by atoms with Gasteiger partial charge in [-0.05, 0) is 81.3 Å². The maximum Gasteiger partial charge on any atom is 0.226 e. The van der Waals surface area contributed by atoms with Gasteiger partial charge in [-0.2, -0.15) is 0 Å². The van der Waals surface area contributed by atoms with Crippen LogP contribution in [-0.2, 0) is 17.6 Å². The van der Waals surface area contributed by atoms with Gasteiger partial charge in [0.15, 0.2) is 0 Å². The highest BCUT2D eigenvalue weighted by atomic mass is 16.5. The smallest absolute Gasteiger partial charge is 0.226 e. The summed E-state index contributed by atoms with van der Waals surface area (Å²) in [5.74, 6) is 1.04. The summed E-state index contributed by atoms with van der Waals surface area (Å²) < 4.78 is 7.68. The van der Waals surface area contributed by atoms with Crippen molar-refractivity contribution in [2.24, 2.45) is 0 Å². The lowest BCUT2D eigenvalue weighted by atomic mass is 10.0. The predicted molar refractivity (Wildman–Crippen MR) is 127 cm³/mol. The molecule has 1 amide bonds. The van der Waals surface area contributed by atoms with Crippen molar-refractivity contribution in [1.82, 2.24) is 9.55 Å². The summed E-state index contributed by atoms with van der Waals surface area (Å²) in [7, 11) is 1.69. The first-order chi connectivity index (χ1) is 14.9. The number of fused-ring (bicyclic) bond motifs is 2. The van der Waals surface area contributed by atoms with E-state index in [1.54, 1.807) is 7.11 Å². The van der Waals surface area contributed by atoms with Gasteiger partial charge in [0.05, 0.1) is 18.5 Å². The molecular formula is C26H33N3O2. The Balaban J connectivity index is 2.07. The number of nitrogens with zero attached hydrogens (tertiary/aromatic N) is 3. The Morgan fingerprint density at radius 3 is 2.61 bits per heavy atom. The van der Waals surface area contributed by atoms with Crippen molar-refractivity contribution in [2.75, 3.05) is 18.6 Å². The third-order valence-electron chi connectivity index (χ3n) is 6.61. The Morgan fingerprint density at radius 2 is 1.97 bits per heavy atom. The Labute approximate surface area is 185 Å². The van der Waals surface area contributed by atoms with Gasteiger partial charge in [-0.25, -0.2) is 4.98 Å². The number of aromatic nitrogens is 2. The molecule has 5 heteroatoms. The predicted octanol–water partition coefficient (Wildman–Crippen LogP) is 5.60. The molecule has 0 radical (unpaired) electrons. The summed E-state index contributed by atoms with van der Waals surface area (Å²) >= 11 is 0. The molecule has 1 aliphatic rings. The van der Waals surface area contributed by atoms with Crippen molar-refractivity contribution in [2.45, 2.75) is 66.7 Å². The molecule has 5 nitrogen and oxygen atoms in total. The first-order valence-electron chi connectivity index (χ1n) is 11.4. The normalized spacial score (nSPS) is 13.0. The monoisotopic (exact) mass is 419 g/mol. The number of carbonyl (C=O) groups excluding carboxylic acids is 1. The molecule has 164 valence electrons. The lowest BCUT2D eigenvalue weighted by Crippen LogP contribution is -2.32. The molecule has 0 bridgehead atoms. The van der Waals surface area contributed by atoms with Gasteiger partial charge >= 0.3 is 0 Å². The summed E-state index contributed by atoms with van der Waals surface area (Å²) in [5, 5.41) is 1.13. The van der Waals surface area contributed by atoms with E-state index in [0.717, 1.165) is 71.6 Å². The molecule has 0 unspecified atom stereocenters. The van der Waals surface area contributed by atoms with Crippen LogP contribution in [0.5, 0.6) is 5.75 Å². The zero-order chi connectivity index (χ0) is 22.3. The fourth-order valence-electron chi connectivity index (χ4n) is 4.94. The number of amides is 1. The average molecular weight is 420 g/mol. The Bertz CT molecular complexity index is 1160. The Morgan fingerprint density at radius 1 is 1.19 bits per heavy atom. The van der Waals surface area contributed by atoms with Gasteiger partial charge in [0.25, 0.3) is 0 Å². The first-order valence-corrected chi connectivity index (χ1v) is 11.4. The molecular weight excluding hydrogens is 386 g/mol. The summed E-state index contributed by atoms with van der Waals surface area (Å²) in [4.78, 5) is 20.2. The van der Waals surface area contributed by atoms with E-state index in [0.29, 0.717) is 6.42 Å². The number of aryl methyl sites for hydroxylation is 3. The second-order valence-corrected chi connectivity index (χ2v) is 8.53. The second-order valence-electron chi connectivity index (χ2n) is 8.53. The number of benzene rings is 1. The number of rotatable bonds is 6. The second kappa shape index (κ2) is 8.37. The van der Waals surface area contributed by atoms with Crippen LogP contribution >= 0.6 is 0 Å². The van der Waals surface area contributed by atoms with Crippen molar-refractivity contribution in [3.8, 4) is 11.4 Å². The molecule has 31 heavy (non-hydrogen) atoms. The zero-order valence-electron chi connectivity index (χ0n) is 19.6. The SMILES string of the molecule is CCCN(C(=O)CC)c1c2c(nc3c1c(C)c(C)n3-c1ccc(OC)cc1C)CCC2. The number of carbonyl (C=O) groups is 1. The number of ether oxygens (including phenoxy) is 1. The van der Waals surface area contributed by atoms with Crippen LogP contribution in [0.25, 0.3) is 16.7 Å². The minimum absolute atomic E-state index is 0.189. The fraction of sp³-hybridized carbons (Fsp3) is 0.462. The summed E-state index contributed by atoms with van der Waals surface area (Å²) in [6.45, 7) is 11.3. The van der Waals surface area contributed by atoms with E-state index in [9.17, 15) is 4.79 Å². The van der Waals surface area contributed by atoms with E-state index >= 15 is 0 Å². The van der Waals surface area contributed by atoms with Gasteiger partial charge in [0, 0.05) is 29.7 Å². The Hall–Kier alpha value is -2.82. The van der Waals surface area contributed by atoms with Crippen LogP contribution in [0.2, 0.25) is 0 Å². The van der Waals surface area contributed by atoms with E-state index in [-0.39, 0.29) is 5.91 Å². The van der Waals surface area contributed by atoms with Crippen LogP contribution in [-0.4, -0.2) is 29.1 Å². The molecule has 3 aromatic rings. The zero-order valence-corrected chi connectivity index (χ0v) is 19.6. The molecule has 1 aliphatic carbocycles. The number of hydrogen-bond donors (Lipinski definition) is 0. The fourth-order valence-corrected chi connectivity index (χ4v) is 4.94. The quantitative estimate of drug-likeness (QED) is 0.522. The third-order valence-corrected chi connectivity index (χ3v) is 6.61. The molecule has 0 spiro atoms. The van der Waals surface area contributed by atoms with Crippen molar-refractivity contribution in [3.63, 3.8) is 0 Å². The summed E-state index contributed by atoms with van der Waals surface area (Å²) in [6, 6.07) is 6.17. The lowest BCUT2D eigenvalue weighted by Gasteiger charge is -2.26. The van der Waals surface area contributed by atoms with Crippen LogP contribution in [0.15, 0.2) is 18.2 Å². The van der Waals surface area contributed by atoms with Gasteiger partial charge in [-0.15, -0.1) is 0 Å². The number of anilines is 1. The van der Waals surface area contributed by atoms with Crippen LogP contribution in [0, 0.1) is 20.8 Å². The minimum Gasteiger partial charge on any atom is -0.497 e. The van der Waals surface area contributed by atoms with Gasteiger partial charge in [-0.3, -0.25) is 9.36 Å². The van der Waals surface area contributed by atoms with Crippen molar-refractivity contribution >= 4 is 22.6 Å². The molecule has 0 atom stereocenters. The maximum atomic E-state index is 13.0.